The van der Waals surface area contributed by atoms with Gasteiger partial charge in [0, 0.05) is 29.4 Å². The maximum absolute atomic E-state index is 12.6. The van der Waals surface area contributed by atoms with E-state index in [-0.39, 0.29) is 35.6 Å². The fourth-order valence-electron chi connectivity index (χ4n) is 2.77. The minimum absolute atomic E-state index is 0.0412. The first kappa shape index (κ1) is 19.7. The number of carbonyl (C=O) groups excluding carboxylic acids is 2. The summed E-state index contributed by atoms with van der Waals surface area (Å²) in [7, 11) is -3.71. The Kier molecular flexibility index (Phi) is 6.08. The first-order chi connectivity index (χ1) is 12.9. The highest BCUT2D eigenvalue weighted by Crippen LogP contribution is 2.29. The van der Waals surface area contributed by atoms with E-state index in [1.54, 1.807) is 11.3 Å². The number of hydrogen-bond donors (Lipinski definition) is 1. The molecule has 1 aliphatic carbocycles. The third-order valence-electron chi connectivity index (χ3n) is 4.42. The first-order valence-electron chi connectivity index (χ1n) is 8.79. The highest BCUT2D eigenvalue weighted by atomic mass is 32.2. The van der Waals surface area contributed by atoms with Crippen LogP contribution in [0.2, 0.25) is 0 Å². The molecule has 1 saturated carbocycles. The number of ketones is 1. The molecular weight excluding hydrogens is 384 g/mol. The molecule has 1 aliphatic rings. The molecule has 0 aliphatic heterocycles. The molecule has 0 atom stereocenters. The van der Waals surface area contributed by atoms with Crippen LogP contribution >= 0.6 is 11.3 Å². The van der Waals surface area contributed by atoms with Gasteiger partial charge in [-0.3, -0.25) is 9.59 Å². The highest BCUT2D eigenvalue weighted by molar-refractivity contribution is 7.89. The lowest BCUT2D eigenvalue weighted by molar-refractivity contribution is -0.132. The number of hydrogen-bond acceptors (Lipinski definition) is 5. The van der Waals surface area contributed by atoms with Crippen molar-refractivity contribution in [3.63, 3.8) is 0 Å². The molecule has 6 nitrogen and oxygen atoms in total. The third kappa shape index (κ3) is 5.24. The van der Waals surface area contributed by atoms with Gasteiger partial charge >= 0.3 is 0 Å². The van der Waals surface area contributed by atoms with Gasteiger partial charge in [0.1, 0.15) is 0 Å². The average molecular weight is 407 g/mol. The lowest BCUT2D eigenvalue weighted by Crippen LogP contribution is -2.35. The number of carbonyl (C=O) groups is 2. The minimum Gasteiger partial charge on any atom is -0.335 e. The molecule has 1 N–H and O–H groups in total. The predicted octanol–water partition coefficient (Wildman–Crippen LogP) is 2.81. The van der Waals surface area contributed by atoms with Gasteiger partial charge in [0.15, 0.2) is 5.78 Å². The summed E-state index contributed by atoms with van der Waals surface area (Å²) >= 11 is 1.61. The molecule has 1 heterocycles. The molecule has 0 bridgehead atoms. The molecule has 2 aromatic rings. The molecule has 1 fully saturated rings. The van der Waals surface area contributed by atoms with Crippen LogP contribution < -0.4 is 4.72 Å². The zero-order chi connectivity index (χ0) is 19.4. The van der Waals surface area contributed by atoms with E-state index in [9.17, 15) is 18.0 Å². The number of thiophene rings is 1. The van der Waals surface area contributed by atoms with E-state index in [1.165, 1.54) is 31.2 Å². The number of nitrogens with one attached hydrogen (secondary N) is 1. The van der Waals surface area contributed by atoms with Crippen molar-refractivity contribution in [2.75, 3.05) is 6.54 Å². The Bertz CT molecular complexity index is 902. The van der Waals surface area contributed by atoms with Crippen molar-refractivity contribution >= 4 is 33.1 Å². The van der Waals surface area contributed by atoms with E-state index in [4.69, 9.17) is 0 Å². The van der Waals surface area contributed by atoms with E-state index in [0.29, 0.717) is 12.1 Å². The van der Waals surface area contributed by atoms with Crippen molar-refractivity contribution in [3.8, 4) is 0 Å². The molecule has 1 aromatic carbocycles. The number of sulfonamides is 1. The Morgan fingerprint density at radius 1 is 1.19 bits per heavy atom. The van der Waals surface area contributed by atoms with Crippen molar-refractivity contribution in [3.05, 3.63) is 52.2 Å². The summed E-state index contributed by atoms with van der Waals surface area (Å²) in [5, 5.41) is 1.98. The normalized spacial score (nSPS) is 14.1. The maximum atomic E-state index is 12.6. The second kappa shape index (κ2) is 8.33. The Morgan fingerprint density at radius 3 is 2.44 bits per heavy atom. The van der Waals surface area contributed by atoms with Crippen LogP contribution in [0.5, 0.6) is 0 Å². The monoisotopic (exact) mass is 406 g/mol. The topological polar surface area (TPSA) is 83.5 Å². The molecule has 1 aromatic heterocycles. The van der Waals surface area contributed by atoms with Gasteiger partial charge in [-0.1, -0.05) is 18.2 Å². The largest absolute Gasteiger partial charge is 0.335 e. The second-order valence-electron chi connectivity index (χ2n) is 6.56. The van der Waals surface area contributed by atoms with Crippen LogP contribution in [0.1, 0.15) is 41.4 Å². The van der Waals surface area contributed by atoms with Crippen molar-refractivity contribution in [1.82, 2.24) is 9.62 Å². The average Bonchev–Trinajstić information content (AvgIpc) is 3.35. The van der Waals surface area contributed by atoms with E-state index in [0.717, 1.165) is 17.7 Å². The molecule has 0 saturated heterocycles. The molecule has 1 amide bonds. The fourth-order valence-corrected chi connectivity index (χ4v) is 4.50. The van der Waals surface area contributed by atoms with Crippen molar-refractivity contribution in [2.45, 2.75) is 43.7 Å². The summed E-state index contributed by atoms with van der Waals surface area (Å²) in [6.07, 6.45) is 2.13. The van der Waals surface area contributed by atoms with Crippen molar-refractivity contribution in [2.24, 2.45) is 0 Å². The second-order valence-corrected chi connectivity index (χ2v) is 9.36. The summed E-state index contributed by atoms with van der Waals surface area (Å²) in [5.74, 6) is -0.163. The van der Waals surface area contributed by atoms with Gasteiger partial charge in [-0.2, -0.15) is 0 Å². The van der Waals surface area contributed by atoms with E-state index < -0.39 is 10.0 Å². The maximum Gasteiger partial charge on any atom is 0.240 e. The van der Waals surface area contributed by atoms with E-state index in [1.807, 2.05) is 22.4 Å². The Labute approximate surface area is 163 Å². The van der Waals surface area contributed by atoms with Crippen LogP contribution in [0.25, 0.3) is 0 Å². The van der Waals surface area contributed by atoms with Crippen molar-refractivity contribution in [1.29, 1.82) is 0 Å². The van der Waals surface area contributed by atoms with Crippen LogP contribution in [0.4, 0.5) is 0 Å². The van der Waals surface area contributed by atoms with Crippen LogP contribution in [0, 0.1) is 0 Å². The molecule has 144 valence electrons. The van der Waals surface area contributed by atoms with Crippen LogP contribution in [0.15, 0.2) is 46.7 Å². The standard InChI is InChI=1S/C19H22N2O4S2/c1-14(22)15-4-8-18(9-5-15)27(24,25)20-11-10-19(23)21(16-6-7-16)13-17-3-2-12-26-17/h2-5,8-9,12,16,20H,6-7,10-11,13H2,1H3. The van der Waals surface area contributed by atoms with E-state index >= 15 is 0 Å². The molecular formula is C19H22N2O4S2. The summed E-state index contributed by atoms with van der Waals surface area (Å²) in [4.78, 5) is 26.9. The van der Waals surface area contributed by atoms with E-state index in [2.05, 4.69) is 4.72 Å². The zero-order valence-electron chi connectivity index (χ0n) is 15.1. The number of amides is 1. The van der Waals surface area contributed by atoms with Gasteiger partial charge < -0.3 is 4.90 Å². The van der Waals surface area contributed by atoms with Gasteiger partial charge in [-0.25, -0.2) is 13.1 Å². The van der Waals surface area contributed by atoms with Gasteiger partial charge in [0.05, 0.1) is 11.4 Å². The van der Waals surface area contributed by atoms with Gasteiger partial charge in [0.2, 0.25) is 15.9 Å². The fraction of sp³-hybridized carbons (Fsp3) is 0.368. The van der Waals surface area contributed by atoms with Gasteiger partial charge in [-0.15, -0.1) is 11.3 Å². The minimum atomic E-state index is -3.71. The molecule has 0 radical (unpaired) electrons. The number of nitrogens with zero attached hydrogens (tertiary/aromatic N) is 1. The lowest BCUT2D eigenvalue weighted by atomic mass is 10.2. The predicted molar refractivity (Wildman–Crippen MR) is 104 cm³/mol. The van der Waals surface area contributed by atoms with Gasteiger partial charge in [-0.05, 0) is 43.3 Å². The summed E-state index contributed by atoms with van der Waals surface area (Å²) in [6, 6.07) is 10.00. The van der Waals surface area contributed by atoms with Crippen molar-refractivity contribution < 1.29 is 18.0 Å². The molecule has 0 unspecified atom stereocenters. The zero-order valence-corrected chi connectivity index (χ0v) is 16.7. The SMILES string of the molecule is CC(=O)c1ccc(S(=O)(=O)NCCC(=O)N(Cc2cccs2)C2CC2)cc1. The van der Waals surface area contributed by atoms with Crippen LogP contribution in [-0.4, -0.2) is 37.6 Å². The third-order valence-corrected chi connectivity index (χ3v) is 6.75. The smallest absolute Gasteiger partial charge is 0.240 e. The van der Waals surface area contributed by atoms with Crippen LogP contribution in [-0.2, 0) is 21.4 Å². The number of rotatable bonds is 9. The Balaban J connectivity index is 1.55. The molecule has 8 heteroatoms. The lowest BCUT2D eigenvalue weighted by Gasteiger charge is -2.22. The highest BCUT2D eigenvalue weighted by Gasteiger charge is 2.32. The first-order valence-corrected chi connectivity index (χ1v) is 11.2. The molecule has 0 spiro atoms. The Morgan fingerprint density at radius 2 is 1.89 bits per heavy atom. The Hall–Kier alpha value is -2.03. The summed E-state index contributed by atoms with van der Waals surface area (Å²) in [5.41, 5.74) is 0.456. The van der Waals surface area contributed by atoms with Crippen LogP contribution in [0.3, 0.4) is 0 Å². The summed E-state index contributed by atoms with van der Waals surface area (Å²) in [6.45, 7) is 2.05. The number of Topliss-reactive ketones (excluding diaryl/α,β-unsaturated/α-hetero) is 1. The summed E-state index contributed by atoms with van der Waals surface area (Å²) < 4.78 is 27.2. The van der Waals surface area contributed by atoms with Gasteiger partial charge in [0.25, 0.3) is 0 Å². The number of benzene rings is 1. The molecule has 27 heavy (non-hydrogen) atoms. The quantitative estimate of drug-likeness (QED) is 0.649. The molecule has 3 rings (SSSR count).